The first kappa shape index (κ1) is 18.9. The normalized spacial score (nSPS) is 9.88. The van der Waals surface area contributed by atoms with Crippen molar-refractivity contribution in [3.05, 3.63) is 30.3 Å². The van der Waals surface area contributed by atoms with E-state index in [0.717, 1.165) is 3.07 Å². The summed E-state index contributed by atoms with van der Waals surface area (Å²) in [6.07, 6.45) is -0.997. The van der Waals surface area contributed by atoms with Crippen LogP contribution >= 0.6 is 0 Å². The van der Waals surface area contributed by atoms with Gasteiger partial charge in [-0.15, -0.1) is 6.61 Å². The number of aliphatic hydroxyl groups excluding tert-OH is 1. The van der Waals surface area contributed by atoms with Gasteiger partial charge < -0.3 is 11.3 Å². The Bertz CT molecular complexity index is 293. The van der Waals surface area contributed by atoms with Gasteiger partial charge in [-0.3, -0.25) is 0 Å². The monoisotopic (exact) mass is 431 g/mol. The number of rotatable bonds is 3. The summed E-state index contributed by atoms with van der Waals surface area (Å²) in [4.78, 5) is 10.9. The van der Waals surface area contributed by atoms with Crippen LogP contribution in [-0.2, 0) is 32.5 Å². The summed E-state index contributed by atoms with van der Waals surface area (Å²) in [7, 11) is 0. The minimum Gasteiger partial charge on any atom is -0.855 e. The zero-order valence-corrected chi connectivity index (χ0v) is 16.0. The van der Waals surface area contributed by atoms with E-state index in [2.05, 4.69) is 0 Å². The Balaban J connectivity index is 0. The number of hydrogen-bond donors (Lipinski definition) is 2. The van der Waals surface area contributed by atoms with E-state index in [0.29, 0.717) is 0 Å². The molecule has 17 heavy (non-hydrogen) atoms. The molecule has 0 aromatic heterocycles. The van der Waals surface area contributed by atoms with Crippen molar-refractivity contribution in [2.45, 2.75) is 20.0 Å². The Morgan fingerprint density at radius 3 is 2.35 bits per heavy atom. The van der Waals surface area contributed by atoms with Crippen molar-refractivity contribution >= 4 is 9.04 Å². The summed E-state index contributed by atoms with van der Waals surface area (Å²) < 4.78 is 6.16. The van der Waals surface area contributed by atoms with E-state index in [4.69, 9.17) is 12.9 Å². The first-order chi connectivity index (χ1) is 7.61. The topological polar surface area (TPSA) is 106 Å². The van der Waals surface area contributed by atoms with Gasteiger partial charge >= 0.3 is 90.0 Å². The molecule has 6 heteroatoms. The van der Waals surface area contributed by atoms with Crippen molar-refractivity contribution in [2.24, 2.45) is 0 Å². The molecule has 5 nitrogen and oxygen atoms in total. The zero-order valence-electron chi connectivity index (χ0n) is 10.6. The molecule has 0 aliphatic rings. The molecule has 0 heterocycles. The van der Waals surface area contributed by atoms with E-state index in [9.17, 15) is 4.79 Å². The summed E-state index contributed by atoms with van der Waals surface area (Å²) in [5, 5.41) is 17.8. The maximum atomic E-state index is 10.9. The minimum absolute atomic E-state index is 0. The third-order valence-corrected chi connectivity index (χ3v) is 6.36. The molecule has 1 atom stereocenters. The Morgan fingerprint density at radius 2 is 1.94 bits per heavy atom. The molecule has 94 valence electrons. The van der Waals surface area contributed by atoms with Gasteiger partial charge in [0.1, 0.15) is 0 Å². The number of quaternary nitrogens is 1. The number of aliphatic hydroxyl groups is 1. The van der Waals surface area contributed by atoms with Gasteiger partial charge in [0.05, 0.1) is 0 Å². The number of carbonyl (C=O) groups excluding carboxylic acids is 1. The fourth-order valence-electron chi connectivity index (χ4n) is 0.849. The first-order valence-electron chi connectivity index (χ1n) is 5.08. The van der Waals surface area contributed by atoms with Crippen LogP contribution in [0.15, 0.2) is 30.3 Å². The molecule has 0 radical (unpaired) electrons. The molecular formula is C11H19HgNO4. The standard InChI is InChI=1S/C6H5.C3H6O3.C2H5O.Hg.H3N/c1-2-4-6-5-3-1;1-2(4)3(5)6;1-2-3;;/h1-5H;2,4H,1H3,(H,5,6);2H2,1H3;;1H3/q;;-1;+1;. The smallest absolute Gasteiger partial charge is 0.0809 e. The second-order valence-electron chi connectivity index (χ2n) is 3.06. The molecular weight excluding hydrogens is 411 g/mol. The van der Waals surface area contributed by atoms with Gasteiger partial charge in [0.2, 0.25) is 0 Å². The maximum Gasteiger partial charge on any atom is -0.0809 e. The molecule has 1 aromatic rings. The fraction of sp³-hybridized carbons (Fsp3) is 0.364. The van der Waals surface area contributed by atoms with E-state index in [1.807, 2.05) is 30.3 Å². The summed E-state index contributed by atoms with van der Waals surface area (Å²) in [6.45, 7) is 2.99. The van der Waals surface area contributed by atoms with Gasteiger partial charge in [0.15, 0.2) is 0 Å². The third kappa shape index (κ3) is 10.4. The van der Waals surface area contributed by atoms with E-state index in [1.54, 1.807) is 6.92 Å². The van der Waals surface area contributed by atoms with Gasteiger partial charge in [0, 0.05) is 0 Å². The molecule has 0 fully saturated rings. The Morgan fingerprint density at radius 1 is 1.47 bits per heavy atom. The molecule has 1 rings (SSSR count). The van der Waals surface area contributed by atoms with Crippen molar-refractivity contribution in [3.8, 4) is 0 Å². The molecule has 0 saturated heterocycles. The maximum absolute atomic E-state index is 10.9. The van der Waals surface area contributed by atoms with Crippen LogP contribution in [0.4, 0.5) is 0 Å². The van der Waals surface area contributed by atoms with Crippen LogP contribution in [0.3, 0.4) is 0 Å². The van der Waals surface area contributed by atoms with Gasteiger partial charge in [-0.25, -0.2) is 0 Å². The second-order valence-corrected chi connectivity index (χ2v) is 8.48. The molecule has 0 aliphatic carbocycles. The SMILES string of the molecule is CC(O)C(=O)[O][Hg][c]1ccccc1.CC[O-].[NH4+]. The number of benzene rings is 1. The second kappa shape index (κ2) is 12.0. The molecule has 5 N–H and O–H groups in total. The Hall–Kier alpha value is -0.495. The summed E-state index contributed by atoms with van der Waals surface area (Å²) in [5.74, 6) is -0.495. The van der Waals surface area contributed by atoms with Crippen molar-refractivity contribution < 1.29 is 42.7 Å². The van der Waals surface area contributed by atoms with Crippen LogP contribution in [0.1, 0.15) is 13.8 Å². The average Bonchev–Trinajstić information content (AvgIpc) is 2.28. The van der Waals surface area contributed by atoms with Gasteiger partial charge in [-0.05, 0) is 0 Å². The molecule has 1 unspecified atom stereocenters. The van der Waals surface area contributed by atoms with Crippen LogP contribution in [0.2, 0.25) is 0 Å². The predicted molar refractivity (Wildman–Crippen MR) is 60.4 cm³/mol. The quantitative estimate of drug-likeness (QED) is 0.658. The summed E-state index contributed by atoms with van der Waals surface area (Å²) in [6, 6.07) is 9.68. The van der Waals surface area contributed by atoms with Crippen molar-refractivity contribution in [1.29, 1.82) is 0 Å². The van der Waals surface area contributed by atoms with E-state index in [1.165, 1.54) is 6.92 Å². The third-order valence-electron chi connectivity index (χ3n) is 1.57. The van der Waals surface area contributed by atoms with Gasteiger partial charge in [0.25, 0.3) is 0 Å². The Kier molecular flexibility index (Phi) is 13.3. The molecule has 0 aliphatic heterocycles. The first-order valence-corrected chi connectivity index (χ1v) is 10.1. The van der Waals surface area contributed by atoms with Crippen LogP contribution in [0.25, 0.3) is 0 Å². The van der Waals surface area contributed by atoms with Crippen LogP contribution in [0.5, 0.6) is 0 Å². The molecule has 1 aromatic carbocycles. The number of carbonyl (C=O) groups is 1. The molecule has 0 amide bonds. The van der Waals surface area contributed by atoms with Crippen LogP contribution < -0.4 is 14.3 Å². The number of hydrogen-bond acceptors (Lipinski definition) is 4. The van der Waals surface area contributed by atoms with E-state index < -0.39 is 37.1 Å². The van der Waals surface area contributed by atoms with Gasteiger partial charge in [-0.1, -0.05) is 6.92 Å². The largest absolute Gasteiger partial charge is 0.855 e. The van der Waals surface area contributed by atoms with Crippen molar-refractivity contribution in [3.63, 3.8) is 0 Å². The predicted octanol–water partition coefficient (Wildman–Crippen LogP) is -0.0238. The average molecular weight is 430 g/mol. The van der Waals surface area contributed by atoms with Crippen molar-refractivity contribution in [1.82, 2.24) is 6.15 Å². The minimum atomic E-state index is -1.75. The molecule has 0 bridgehead atoms. The Labute approximate surface area is 114 Å². The van der Waals surface area contributed by atoms with E-state index in [-0.39, 0.29) is 12.8 Å². The zero-order chi connectivity index (χ0) is 12.4. The molecule has 0 saturated carbocycles. The summed E-state index contributed by atoms with van der Waals surface area (Å²) >= 11 is -1.75. The van der Waals surface area contributed by atoms with Crippen LogP contribution in [-0.4, -0.2) is 23.8 Å². The molecule has 0 spiro atoms. The summed E-state index contributed by atoms with van der Waals surface area (Å²) in [5.41, 5.74) is 0. The fourth-order valence-corrected chi connectivity index (χ4v) is 4.79. The van der Waals surface area contributed by atoms with Crippen molar-refractivity contribution in [2.75, 3.05) is 6.61 Å². The van der Waals surface area contributed by atoms with E-state index >= 15 is 0 Å². The van der Waals surface area contributed by atoms with Gasteiger partial charge in [-0.2, -0.15) is 0 Å². The van der Waals surface area contributed by atoms with Crippen LogP contribution in [0, 0.1) is 0 Å².